The second-order valence-corrected chi connectivity index (χ2v) is 5.00. The summed E-state index contributed by atoms with van der Waals surface area (Å²) in [6, 6.07) is 5.81. The van der Waals surface area contributed by atoms with E-state index in [2.05, 4.69) is 16.0 Å². The lowest BCUT2D eigenvalue weighted by Gasteiger charge is -2.14. The van der Waals surface area contributed by atoms with E-state index in [0.717, 1.165) is 13.0 Å². The van der Waals surface area contributed by atoms with E-state index in [9.17, 15) is 9.59 Å². The molecule has 0 bridgehead atoms. The first-order chi connectivity index (χ1) is 10.0. The Morgan fingerprint density at radius 1 is 1.33 bits per heavy atom. The van der Waals surface area contributed by atoms with E-state index in [1.165, 1.54) is 0 Å². The molecule has 0 fully saturated rings. The van der Waals surface area contributed by atoms with Crippen molar-refractivity contribution in [1.82, 2.24) is 10.6 Å². The number of benzene rings is 1. The summed E-state index contributed by atoms with van der Waals surface area (Å²) >= 11 is 5.82. The average Bonchev–Trinajstić information content (AvgIpc) is 2.42. The van der Waals surface area contributed by atoms with Crippen molar-refractivity contribution in [3.05, 3.63) is 29.3 Å². The topological polar surface area (TPSA) is 90.5 Å². The highest BCUT2D eigenvalue weighted by atomic mass is 35.5. The van der Waals surface area contributed by atoms with Crippen LogP contribution in [0.1, 0.15) is 12.8 Å². The van der Waals surface area contributed by atoms with Crippen LogP contribution in [0.3, 0.4) is 0 Å². The average molecular weight is 314 g/mol. The summed E-state index contributed by atoms with van der Waals surface area (Å²) in [7, 11) is 1.83. The molecule has 0 saturated carbocycles. The molecule has 0 spiro atoms. The fourth-order valence-electron chi connectivity index (χ4n) is 1.75. The van der Waals surface area contributed by atoms with Crippen LogP contribution in [-0.4, -0.2) is 43.2 Å². The molecule has 6 nitrogen and oxygen atoms in total. The monoisotopic (exact) mass is 313 g/mol. The molecule has 0 aliphatic heterocycles. The predicted octanol–water partition coefficient (Wildman–Crippen LogP) is 1.32. The Bertz CT molecular complexity index is 482. The van der Waals surface area contributed by atoms with Crippen LogP contribution in [0.15, 0.2) is 24.3 Å². The predicted molar refractivity (Wildman–Crippen MR) is 82.7 cm³/mol. The van der Waals surface area contributed by atoms with Gasteiger partial charge in [0.15, 0.2) is 0 Å². The van der Waals surface area contributed by atoms with Crippen molar-refractivity contribution >= 4 is 29.2 Å². The van der Waals surface area contributed by atoms with E-state index in [4.69, 9.17) is 16.7 Å². The van der Waals surface area contributed by atoms with Crippen LogP contribution >= 0.6 is 11.6 Å². The number of hydrogen-bond donors (Lipinski definition) is 4. The number of aliphatic carboxylic acids is 1. The first-order valence-corrected chi connectivity index (χ1v) is 7.07. The van der Waals surface area contributed by atoms with Gasteiger partial charge in [0.1, 0.15) is 6.04 Å². The third kappa shape index (κ3) is 7.08. The smallest absolute Gasteiger partial charge is 0.321 e. The van der Waals surface area contributed by atoms with E-state index in [1.807, 2.05) is 7.05 Å². The van der Waals surface area contributed by atoms with Gasteiger partial charge in [-0.2, -0.15) is 0 Å². The van der Waals surface area contributed by atoms with Gasteiger partial charge in [0.25, 0.3) is 0 Å². The molecule has 1 aromatic carbocycles. The van der Waals surface area contributed by atoms with Crippen LogP contribution < -0.4 is 16.0 Å². The summed E-state index contributed by atoms with van der Waals surface area (Å²) in [4.78, 5) is 23.0. The number of anilines is 1. The van der Waals surface area contributed by atoms with Crippen LogP contribution in [0.2, 0.25) is 5.02 Å². The standard InChI is InChI=1S/C14H20ClN3O3/c1-16-6-3-7-17-12(14(20)21)9-13(19)18-11-5-2-4-10(15)8-11/h2,4-5,8,12,16-17H,3,6-7,9H2,1H3,(H,18,19)(H,20,21)/t12-/m0/s1. The fraction of sp³-hybridized carbons (Fsp3) is 0.429. The molecular weight excluding hydrogens is 294 g/mol. The zero-order chi connectivity index (χ0) is 15.7. The number of carbonyl (C=O) groups is 2. The van der Waals surface area contributed by atoms with Gasteiger partial charge in [-0.25, -0.2) is 0 Å². The van der Waals surface area contributed by atoms with Crippen molar-refractivity contribution in [2.45, 2.75) is 18.9 Å². The SMILES string of the molecule is CNCCCN[C@@H](CC(=O)Nc1cccc(Cl)c1)C(=O)O. The van der Waals surface area contributed by atoms with Gasteiger partial charge < -0.3 is 21.1 Å². The molecule has 0 heterocycles. The molecule has 1 rings (SSSR count). The summed E-state index contributed by atoms with van der Waals surface area (Å²) in [5.74, 6) is -1.41. The lowest BCUT2D eigenvalue weighted by molar-refractivity contribution is -0.141. The molecule has 0 aromatic heterocycles. The summed E-state index contributed by atoms with van der Waals surface area (Å²) in [6.07, 6.45) is 0.650. The van der Waals surface area contributed by atoms with Gasteiger partial charge in [0.2, 0.25) is 5.91 Å². The van der Waals surface area contributed by atoms with Crippen molar-refractivity contribution < 1.29 is 14.7 Å². The fourth-order valence-corrected chi connectivity index (χ4v) is 1.94. The highest BCUT2D eigenvalue weighted by molar-refractivity contribution is 6.30. The summed E-state index contributed by atoms with van der Waals surface area (Å²) in [5.41, 5.74) is 0.548. The number of nitrogens with one attached hydrogen (secondary N) is 3. The third-order valence-electron chi connectivity index (χ3n) is 2.79. The van der Waals surface area contributed by atoms with Crippen molar-refractivity contribution in [3.63, 3.8) is 0 Å². The van der Waals surface area contributed by atoms with Crippen molar-refractivity contribution in [2.75, 3.05) is 25.5 Å². The van der Waals surface area contributed by atoms with E-state index in [-0.39, 0.29) is 12.3 Å². The highest BCUT2D eigenvalue weighted by Crippen LogP contribution is 2.15. The van der Waals surface area contributed by atoms with Gasteiger partial charge in [0, 0.05) is 10.7 Å². The zero-order valence-electron chi connectivity index (χ0n) is 11.9. The number of hydrogen-bond acceptors (Lipinski definition) is 4. The number of amides is 1. The molecule has 1 aromatic rings. The Hall–Kier alpha value is -1.63. The van der Waals surface area contributed by atoms with Gasteiger partial charge >= 0.3 is 5.97 Å². The molecule has 21 heavy (non-hydrogen) atoms. The van der Waals surface area contributed by atoms with Gasteiger partial charge in [-0.05, 0) is 44.8 Å². The van der Waals surface area contributed by atoms with E-state index >= 15 is 0 Å². The molecule has 1 amide bonds. The van der Waals surface area contributed by atoms with Gasteiger partial charge in [-0.1, -0.05) is 17.7 Å². The molecule has 0 unspecified atom stereocenters. The second kappa shape index (κ2) is 9.33. The van der Waals surface area contributed by atoms with Crippen LogP contribution in [0.25, 0.3) is 0 Å². The van der Waals surface area contributed by atoms with Gasteiger partial charge in [0.05, 0.1) is 6.42 Å². The van der Waals surface area contributed by atoms with E-state index < -0.39 is 12.0 Å². The summed E-state index contributed by atoms with van der Waals surface area (Å²) < 4.78 is 0. The van der Waals surface area contributed by atoms with E-state index in [1.54, 1.807) is 24.3 Å². The Kier molecular flexibility index (Phi) is 7.74. The number of carboxylic acid groups (broad SMARTS) is 1. The normalized spacial score (nSPS) is 11.9. The Morgan fingerprint density at radius 2 is 2.10 bits per heavy atom. The molecular formula is C14H20ClN3O3. The molecule has 7 heteroatoms. The first kappa shape index (κ1) is 17.4. The maximum Gasteiger partial charge on any atom is 0.321 e. The molecule has 0 radical (unpaired) electrons. The Balaban J connectivity index is 2.46. The lowest BCUT2D eigenvalue weighted by atomic mass is 10.2. The number of rotatable bonds is 9. The van der Waals surface area contributed by atoms with Crippen molar-refractivity contribution in [2.24, 2.45) is 0 Å². The molecule has 0 saturated heterocycles. The Labute approximate surface area is 128 Å². The van der Waals surface area contributed by atoms with Gasteiger partial charge in [-0.15, -0.1) is 0 Å². The molecule has 0 aliphatic rings. The van der Waals surface area contributed by atoms with E-state index in [0.29, 0.717) is 17.3 Å². The molecule has 116 valence electrons. The quantitative estimate of drug-likeness (QED) is 0.516. The van der Waals surface area contributed by atoms with Gasteiger partial charge in [-0.3, -0.25) is 9.59 Å². The zero-order valence-corrected chi connectivity index (χ0v) is 12.6. The molecule has 1 atom stereocenters. The van der Waals surface area contributed by atoms with Crippen LogP contribution in [0, 0.1) is 0 Å². The second-order valence-electron chi connectivity index (χ2n) is 4.56. The highest BCUT2D eigenvalue weighted by Gasteiger charge is 2.20. The minimum absolute atomic E-state index is 0.137. The van der Waals surface area contributed by atoms with Crippen LogP contribution in [0.4, 0.5) is 5.69 Å². The molecule has 4 N–H and O–H groups in total. The minimum atomic E-state index is -1.04. The maximum atomic E-state index is 11.9. The van der Waals surface area contributed by atoms with Crippen LogP contribution in [0.5, 0.6) is 0 Å². The minimum Gasteiger partial charge on any atom is -0.480 e. The van der Waals surface area contributed by atoms with Crippen molar-refractivity contribution in [3.8, 4) is 0 Å². The Morgan fingerprint density at radius 3 is 2.71 bits per heavy atom. The first-order valence-electron chi connectivity index (χ1n) is 6.69. The summed E-state index contributed by atoms with van der Waals surface area (Å²) in [5, 5.41) is 18.1. The van der Waals surface area contributed by atoms with Crippen molar-refractivity contribution in [1.29, 1.82) is 0 Å². The number of carboxylic acids is 1. The lowest BCUT2D eigenvalue weighted by Crippen LogP contribution is -2.40. The maximum absolute atomic E-state index is 11.9. The van der Waals surface area contributed by atoms with Crippen LogP contribution in [-0.2, 0) is 9.59 Å². The largest absolute Gasteiger partial charge is 0.480 e. The third-order valence-corrected chi connectivity index (χ3v) is 3.03. The number of halogens is 1. The summed E-state index contributed by atoms with van der Waals surface area (Å²) in [6.45, 7) is 1.32. The number of carbonyl (C=O) groups excluding carboxylic acids is 1. The molecule has 0 aliphatic carbocycles.